The summed E-state index contributed by atoms with van der Waals surface area (Å²) in [6.07, 6.45) is 3.72. The molecule has 3 N–H and O–H groups in total. The van der Waals surface area contributed by atoms with Crippen LogP contribution in [0.3, 0.4) is 0 Å². The van der Waals surface area contributed by atoms with E-state index in [2.05, 4.69) is 12.6 Å². The van der Waals surface area contributed by atoms with Crippen molar-refractivity contribution < 1.29 is 5.11 Å². The second kappa shape index (κ2) is 5.02. The molecule has 0 saturated carbocycles. The van der Waals surface area contributed by atoms with Crippen LogP contribution in [0.15, 0.2) is 49.1 Å². The van der Waals surface area contributed by atoms with Crippen molar-refractivity contribution in [2.45, 2.75) is 18.9 Å². The lowest BCUT2D eigenvalue weighted by Crippen LogP contribution is -2.09. The van der Waals surface area contributed by atoms with Crippen LogP contribution in [0.4, 0.5) is 0 Å². The van der Waals surface area contributed by atoms with Crippen LogP contribution in [-0.4, -0.2) is 5.11 Å². The number of benzene rings is 2. The molecule has 0 bridgehead atoms. The Morgan fingerprint density at radius 3 is 2.65 bits per heavy atom. The van der Waals surface area contributed by atoms with E-state index in [0.29, 0.717) is 5.75 Å². The maximum Gasteiger partial charge on any atom is 0.116 e. The lowest BCUT2D eigenvalue weighted by molar-refractivity contribution is 0.476. The molecule has 0 aliphatic rings. The van der Waals surface area contributed by atoms with Crippen LogP contribution in [0.25, 0.3) is 10.8 Å². The van der Waals surface area contributed by atoms with Crippen molar-refractivity contribution in [1.29, 1.82) is 0 Å². The highest BCUT2D eigenvalue weighted by Crippen LogP contribution is 2.24. The Hall–Kier alpha value is -1.80. The van der Waals surface area contributed by atoms with Crippen LogP contribution >= 0.6 is 0 Å². The van der Waals surface area contributed by atoms with E-state index in [4.69, 9.17) is 5.73 Å². The first-order chi connectivity index (χ1) is 8.20. The summed E-state index contributed by atoms with van der Waals surface area (Å²) in [5.41, 5.74) is 7.23. The molecule has 2 rings (SSSR count). The third-order valence-electron chi connectivity index (χ3n) is 2.96. The molecule has 2 nitrogen and oxygen atoms in total. The predicted octanol–water partition coefficient (Wildman–Crippen LogP) is 3.51. The summed E-state index contributed by atoms with van der Waals surface area (Å²) in [6, 6.07) is 11.5. The first-order valence-electron chi connectivity index (χ1n) is 5.80. The quantitative estimate of drug-likeness (QED) is 0.785. The molecule has 2 aromatic carbocycles. The minimum absolute atomic E-state index is 0.0474. The number of nitrogens with two attached hydrogens (primary N) is 1. The topological polar surface area (TPSA) is 46.2 Å². The van der Waals surface area contributed by atoms with Crippen LogP contribution in [-0.2, 0) is 0 Å². The van der Waals surface area contributed by atoms with Crippen LogP contribution in [0.1, 0.15) is 24.4 Å². The highest BCUT2D eigenvalue weighted by molar-refractivity contribution is 5.84. The largest absolute Gasteiger partial charge is 0.508 e. The van der Waals surface area contributed by atoms with Crippen molar-refractivity contribution in [3.63, 3.8) is 0 Å². The Labute approximate surface area is 101 Å². The van der Waals surface area contributed by atoms with Crippen molar-refractivity contribution in [3.8, 4) is 5.75 Å². The van der Waals surface area contributed by atoms with Crippen molar-refractivity contribution in [2.24, 2.45) is 5.73 Å². The fraction of sp³-hybridized carbons (Fsp3) is 0.200. The Kier molecular flexibility index (Phi) is 3.45. The van der Waals surface area contributed by atoms with Crippen molar-refractivity contribution in [2.75, 3.05) is 0 Å². The summed E-state index contributed by atoms with van der Waals surface area (Å²) in [5, 5.41) is 11.5. The lowest BCUT2D eigenvalue weighted by Gasteiger charge is -2.11. The van der Waals surface area contributed by atoms with Gasteiger partial charge in [-0.15, -0.1) is 6.58 Å². The molecule has 0 unspecified atom stereocenters. The summed E-state index contributed by atoms with van der Waals surface area (Å²) in [6.45, 7) is 3.70. The molecule has 0 saturated heterocycles. The third-order valence-corrected chi connectivity index (χ3v) is 2.96. The van der Waals surface area contributed by atoms with Gasteiger partial charge in [0.2, 0.25) is 0 Å². The van der Waals surface area contributed by atoms with Crippen molar-refractivity contribution in [1.82, 2.24) is 0 Å². The van der Waals surface area contributed by atoms with Crippen molar-refractivity contribution in [3.05, 3.63) is 54.6 Å². The molecule has 0 aromatic heterocycles. The second-order valence-corrected chi connectivity index (χ2v) is 4.26. The maximum absolute atomic E-state index is 9.39. The van der Waals surface area contributed by atoms with Gasteiger partial charge in [0.25, 0.3) is 0 Å². The number of hydrogen-bond acceptors (Lipinski definition) is 2. The zero-order valence-electron chi connectivity index (χ0n) is 9.76. The van der Waals surface area contributed by atoms with Gasteiger partial charge in [0.1, 0.15) is 5.75 Å². The Morgan fingerprint density at radius 1 is 1.18 bits per heavy atom. The van der Waals surface area contributed by atoms with Gasteiger partial charge >= 0.3 is 0 Å². The van der Waals surface area contributed by atoms with Gasteiger partial charge in [0.05, 0.1) is 0 Å². The molecule has 0 aliphatic carbocycles. The van der Waals surface area contributed by atoms with Gasteiger partial charge in [-0.05, 0) is 47.4 Å². The molecular weight excluding hydrogens is 210 g/mol. The van der Waals surface area contributed by atoms with Crippen LogP contribution in [0.2, 0.25) is 0 Å². The Bertz CT molecular complexity index is 533. The van der Waals surface area contributed by atoms with Gasteiger partial charge < -0.3 is 10.8 Å². The van der Waals surface area contributed by atoms with E-state index in [1.54, 1.807) is 12.1 Å². The molecule has 2 aromatic rings. The zero-order chi connectivity index (χ0) is 12.3. The Morgan fingerprint density at radius 2 is 1.88 bits per heavy atom. The summed E-state index contributed by atoms with van der Waals surface area (Å²) in [7, 11) is 0. The summed E-state index contributed by atoms with van der Waals surface area (Å²) < 4.78 is 0. The van der Waals surface area contributed by atoms with Gasteiger partial charge in [0.15, 0.2) is 0 Å². The van der Waals surface area contributed by atoms with Gasteiger partial charge in [-0.1, -0.05) is 24.3 Å². The molecule has 0 fully saturated rings. The number of aromatic hydroxyl groups is 1. The van der Waals surface area contributed by atoms with Gasteiger partial charge in [0, 0.05) is 6.04 Å². The van der Waals surface area contributed by atoms with E-state index < -0.39 is 0 Å². The average Bonchev–Trinajstić information content (AvgIpc) is 2.35. The molecule has 2 heteroatoms. The van der Waals surface area contributed by atoms with E-state index in [1.807, 2.05) is 24.3 Å². The number of phenolic OH excluding ortho intramolecular Hbond substituents is 1. The normalized spacial score (nSPS) is 12.5. The third kappa shape index (κ3) is 2.66. The van der Waals surface area contributed by atoms with E-state index in [0.717, 1.165) is 29.2 Å². The van der Waals surface area contributed by atoms with Crippen molar-refractivity contribution >= 4 is 10.8 Å². The van der Waals surface area contributed by atoms with E-state index in [-0.39, 0.29) is 6.04 Å². The molecule has 0 aliphatic heterocycles. The monoisotopic (exact) mass is 227 g/mol. The zero-order valence-corrected chi connectivity index (χ0v) is 9.76. The fourth-order valence-corrected chi connectivity index (χ4v) is 1.95. The average molecular weight is 227 g/mol. The second-order valence-electron chi connectivity index (χ2n) is 4.26. The molecule has 0 radical (unpaired) electrons. The molecular formula is C15H17NO. The van der Waals surface area contributed by atoms with Gasteiger partial charge in [-0.3, -0.25) is 0 Å². The molecule has 0 heterocycles. The highest BCUT2D eigenvalue weighted by atomic mass is 16.3. The Balaban J connectivity index is 2.31. The molecule has 1 atom stereocenters. The van der Waals surface area contributed by atoms with Gasteiger partial charge in [-0.25, -0.2) is 0 Å². The number of allylic oxidation sites excluding steroid dienone is 1. The molecule has 0 spiro atoms. The predicted molar refractivity (Wildman–Crippen MR) is 72.0 cm³/mol. The summed E-state index contributed by atoms with van der Waals surface area (Å²) in [5.74, 6) is 0.293. The van der Waals surface area contributed by atoms with E-state index in [1.165, 1.54) is 0 Å². The molecule has 17 heavy (non-hydrogen) atoms. The smallest absolute Gasteiger partial charge is 0.116 e. The molecule has 88 valence electrons. The lowest BCUT2D eigenvalue weighted by atomic mass is 9.99. The summed E-state index contributed by atoms with van der Waals surface area (Å²) >= 11 is 0. The van der Waals surface area contributed by atoms with Gasteiger partial charge in [-0.2, -0.15) is 0 Å². The van der Waals surface area contributed by atoms with E-state index >= 15 is 0 Å². The summed E-state index contributed by atoms with van der Waals surface area (Å²) in [4.78, 5) is 0. The number of fused-ring (bicyclic) bond motifs is 1. The van der Waals surface area contributed by atoms with Crippen LogP contribution < -0.4 is 5.73 Å². The first-order valence-corrected chi connectivity index (χ1v) is 5.80. The first kappa shape index (κ1) is 11.7. The highest BCUT2D eigenvalue weighted by Gasteiger charge is 2.05. The fourth-order valence-electron chi connectivity index (χ4n) is 1.95. The SMILES string of the molecule is C=CCC[C@@H](N)c1ccc2cc(O)ccc2c1. The maximum atomic E-state index is 9.39. The molecule has 0 amide bonds. The van der Waals surface area contributed by atoms with Crippen LogP contribution in [0.5, 0.6) is 5.75 Å². The van der Waals surface area contributed by atoms with Crippen LogP contribution in [0, 0.1) is 0 Å². The minimum atomic E-state index is 0.0474. The van der Waals surface area contributed by atoms with E-state index in [9.17, 15) is 5.11 Å². The number of hydrogen-bond donors (Lipinski definition) is 2. The minimum Gasteiger partial charge on any atom is -0.508 e. The standard InChI is InChI=1S/C15H17NO/c1-2-3-4-15(16)13-6-5-12-10-14(17)8-7-11(12)9-13/h2,5-10,15,17H,1,3-4,16H2/t15-/m1/s1. The number of phenols is 1. The number of rotatable bonds is 4.